The lowest BCUT2D eigenvalue weighted by molar-refractivity contribution is -0.0615. The molecule has 2 aromatic carbocycles. The van der Waals surface area contributed by atoms with Crippen LogP contribution in [0.3, 0.4) is 0 Å². The van der Waals surface area contributed by atoms with Crippen molar-refractivity contribution in [3.63, 3.8) is 0 Å². The highest BCUT2D eigenvalue weighted by Crippen LogP contribution is 2.34. The molecule has 0 spiro atoms. The van der Waals surface area contributed by atoms with Crippen LogP contribution in [0.5, 0.6) is 0 Å². The van der Waals surface area contributed by atoms with Crippen LogP contribution in [0.15, 0.2) is 48.7 Å². The first kappa shape index (κ1) is 22.0. The highest BCUT2D eigenvalue weighted by Gasteiger charge is 2.30. The van der Waals surface area contributed by atoms with E-state index in [-0.39, 0.29) is 23.5 Å². The van der Waals surface area contributed by atoms with E-state index in [1.165, 1.54) is 0 Å². The number of ether oxygens (including phenoxy) is 1. The molecule has 1 fully saturated rings. The van der Waals surface area contributed by atoms with E-state index >= 15 is 4.39 Å². The van der Waals surface area contributed by atoms with Crippen LogP contribution < -0.4 is 10.6 Å². The SMILES string of the molecule is CNC(=O)c1ccc(C(F)c2cccc3[nH]cc(C(=O)NC4CCOC(C)(C)C4)c23)cc1. The summed E-state index contributed by atoms with van der Waals surface area (Å²) in [5.41, 5.74) is 2.13. The average molecular weight is 438 g/mol. The number of hydrogen-bond donors (Lipinski definition) is 3. The first-order valence-electron chi connectivity index (χ1n) is 10.8. The summed E-state index contributed by atoms with van der Waals surface area (Å²) >= 11 is 0. The molecular formula is C25H28FN3O3. The highest BCUT2D eigenvalue weighted by molar-refractivity contribution is 6.08. The van der Waals surface area contributed by atoms with Gasteiger partial charge in [-0.3, -0.25) is 9.59 Å². The number of alkyl halides is 1. The van der Waals surface area contributed by atoms with Crippen LogP contribution >= 0.6 is 0 Å². The molecule has 1 saturated heterocycles. The maximum atomic E-state index is 15.6. The van der Waals surface area contributed by atoms with Crippen molar-refractivity contribution in [1.29, 1.82) is 0 Å². The Kier molecular flexibility index (Phi) is 6.02. The highest BCUT2D eigenvalue weighted by atomic mass is 19.1. The summed E-state index contributed by atoms with van der Waals surface area (Å²) in [6.45, 7) is 4.62. The fraction of sp³-hybridized carbons (Fsp3) is 0.360. The van der Waals surface area contributed by atoms with E-state index in [0.717, 1.165) is 12.8 Å². The predicted molar refractivity (Wildman–Crippen MR) is 122 cm³/mol. The Hall–Kier alpha value is -3.19. The van der Waals surface area contributed by atoms with Crippen molar-refractivity contribution in [3.8, 4) is 0 Å². The van der Waals surface area contributed by atoms with E-state index in [2.05, 4.69) is 15.6 Å². The Morgan fingerprint density at radius 1 is 1.16 bits per heavy atom. The predicted octanol–water partition coefficient (Wildman–Crippen LogP) is 4.27. The molecule has 6 nitrogen and oxygen atoms in total. The molecule has 168 valence electrons. The molecule has 3 aromatic rings. The third-order valence-corrected chi connectivity index (χ3v) is 5.98. The van der Waals surface area contributed by atoms with Crippen LogP contribution in [0.1, 0.15) is 64.7 Å². The van der Waals surface area contributed by atoms with E-state index in [1.54, 1.807) is 49.6 Å². The summed E-state index contributed by atoms with van der Waals surface area (Å²) in [4.78, 5) is 28.0. The topological polar surface area (TPSA) is 83.2 Å². The summed E-state index contributed by atoms with van der Waals surface area (Å²) in [6, 6.07) is 11.7. The van der Waals surface area contributed by atoms with Crippen molar-refractivity contribution in [3.05, 3.63) is 70.9 Å². The van der Waals surface area contributed by atoms with Crippen molar-refractivity contribution >= 4 is 22.7 Å². The Balaban J connectivity index is 1.63. The lowest BCUT2D eigenvalue weighted by atomic mass is 9.93. The largest absolute Gasteiger partial charge is 0.375 e. The maximum Gasteiger partial charge on any atom is 0.253 e. The van der Waals surface area contributed by atoms with Crippen molar-refractivity contribution in [2.45, 2.75) is 44.5 Å². The molecule has 2 heterocycles. The minimum Gasteiger partial charge on any atom is -0.375 e. The van der Waals surface area contributed by atoms with Gasteiger partial charge in [0.1, 0.15) is 0 Å². The van der Waals surface area contributed by atoms with Crippen LogP contribution in [-0.2, 0) is 4.74 Å². The number of amides is 2. The number of halogens is 1. The lowest BCUT2D eigenvalue weighted by Crippen LogP contribution is -2.45. The molecule has 4 rings (SSSR count). The molecule has 0 aliphatic carbocycles. The van der Waals surface area contributed by atoms with E-state index in [1.807, 2.05) is 19.9 Å². The van der Waals surface area contributed by atoms with Crippen LogP contribution in [0, 0.1) is 0 Å². The second kappa shape index (κ2) is 8.74. The second-order valence-corrected chi connectivity index (χ2v) is 8.81. The third-order valence-electron chi connectivity index (χ3n) is 5.98. The molecule has 2 amide bonds. The lowest BCUT2D eigenvalue weighted by Gasteiger charge is -2.35. The zero-order valence-corrected chi connectivity index (χ0v) is 18.5. The van der Waals surface area contributed by atoms with Gasteiger partial charge in [-0.1, -0.05) is 24.3 Å². The van der Waals surface area contributed by atoms with Gasteiger partial charge in [0.05, 0.1) is 11.2 Å². The Bertz CT molecular complexity index is 1140. The monoisotopic (exact) mass is 437 g/mol. The Morgan fingerprint density at radius 2 is 1.91 bits per heavy atom. The summed E-state index contributed by atoms with van der Waals surface area (Å²) in [6.07, 6.45) is 1.65. The van der Waals surface area contributed by atoms with E-state index in [9.17, 15) is 9.59 Å². The fourth-order valence-corrected chi connectivity index (χ4v) is 4.35. The van der Waals surface area contributed by atoms with Crippen LogP contribution in [0.2, 0.25) is 0 Å². The van der Waals surface area contributed by atoms with Gasteiger partial charge in [-0.2, -0.15) is 0 Å². The van der Waals surface area contributed by atoms with Crippen LogP contribution in [0.4, 0.5) is 4.39 Å². The van der Waals surface area contributed by atoms with Gasteiger partial charge >= 0.3 is 0 Å². The van der Waals surface area contributed by atoms with E-state index in [0.29, 0.717) is 39.8 Å². The molecule has 2 atom stereocenters. The molecule has 7 heteroatoms. The van der Waals surface area contributed by atoms with E-state index < -0.39 is 6.17 Å². The molecular weight excluding hydrogens is 409 g/mol. The molecule has 0 bridgehead atoms. The number of aromatic nitrogens is 1. The molecule has 32 heavy (non-hydrogen) atoms. The number of fused-ring (bicyclic) bond motifs is 1. The van der Waals surface area contributed by atoms with Crippen molar-refractivity contribution in [1.82, 2.24) is 15.6 Å². The quantitative estimate of drug-likeness (QED) is 0.557. The molecule has 1 aromatic heterocycles. The van der Waals surface area contributed by atoms with Crippen LogP contribution in [0.25, 0.3) is 10.9 Å². The Morgan fingerprint density at radius 3 is 2.59 bits per heavy atom. The molecule has 2 unspecified atom stereocenters. The smallest absolute Gasteiger partial charge is 0.253 e. The standard InChI is InChI=1S/C25H28FN3O3/c1-25(2)13-17(11-12-32-25)29-24(31)19-14-28-20-6-4-5-18(21(19)20)22(26)15-7-9-16(10-8-15)23(30)27-3/h4-10,14,17,22,28H,11-13H2,1-3H3,(H,27,30)(H,29,31). The zero-order valence-electron chi connectivity index (χ0n) is 18.5. The number of aromatic amines is 1. The van der Waals surface area contributed by atoms with Gasteiger partial charge in [0.15, 0.2) is 6.17 Å². The second-order valence-electron chi connectivity index (χ2n) is 8.81. The number of H-pyrrole nitrogens is 1. The summed E-state index contributed by atoms with van der Waals surface area (Å²) in [5, 5.41) is 6.22. The summed E-state index contributed by atoms with van der Waals surface area (Å²) < 4.78 is 21.4. The molecule has 1 aliphatic heterocycles. The van der Waals surface area contributed by atoms with Crippen molar-refractivity contribution in [2.75, 3.05) is 13.7 Å². The zero-order chi connectivity index (χ0) is 22.9. The Labute approximate surface area is 186 Å². The van der Waals surface area contributed by atoms with Gasteiger partial charge in [0.2, 0.25) is 0 Å². The van der Waals surface area contributed by atoms with Gasteiger partial charge in [-0.05, 0) is 50.5 Å². The number of nitrogens with one attached hydrogen (secondary N) is 3. The van der Waals surface area contributed by atoms with E-state index in [4.69, 9.17) is 4.74 Å². The first-order valence-corrected chi connectivity index (χ1v) is 10.8. The van der Waals surface area contributed by atoms with Gasteiger partial charge in [-0.25, -0.2) is 4.39 Å². The molecule has 0 saturated carbocycles. The molecule has 3 N–H and O–H groups in total. The first-order chi connectivity index (χ1) is 15.3. The van der Waals surface area contributed by atoms with Gasteiger partial charge in [0, 0.05) is 47.9 Å². The molecule has 0 radical (unpaired) electrons. The average Bonchev–Trinajstić information content (AvgIpc) is 3.22. The summed E-state index contributed by atoms with van der Waals surface area (Å²) in [5.74, 6) is -0.455. The number of rotatable bonds is 5. The van der Waals surface area contributed by atoms with Crippen molar-refractivity contribution < 1.29 is 18.7 Å². The van der Waals surface area contributed by atoms with Gasteiger partial charge in [-0.15, -0.1) is 0 Å². The fourth-order valence-electron chi connectivity index (χ4n) is 4.35. The maximum absolute atomic E-state index is 15.6. The normalized spacial score (nSPS) is 18.8. The van der Waals surface area contributed by atoms with Gasteiger partial charge < -0.3 is 20.4 Å². The van der Waals surface area contributed by atoms with Crippen molar-refractivity contribution in [2.24, 2.45) is 0 Å². The minimum atomic E-state index is -1.44. The number of carbonyl (C=O) groups excluding carboxylic acids is 2. The number of hydrogen-bond acceptors (Lipinski definition) is 3. The van der Waals surface area contributed by atoms with Crippen LogP contribution in [-0.4, -0.2) is 42.1 Å². The van der Waals surface area contributed by atoms with Gasteiger partial charge in [0.25, 0.3) is 11.8 Å². The minimum absolute atomic E-state index is 0.00166. The number of benzene rings is 2. The molecule has 1 aliphatic rings. The third kappa shape index (κ3) is 4.39. The summed E-state index contributed by atoms with van der Waals surface area (Å²) in [7, 11) is 1.55. The number of carbonyl (C=O) groups is 2.